The summed E-state index contributed by atoms with van der Waals surface area (Å²) in [5.74, 6) is -0.743. The van der Waals surface area contributed by atoms with Crippen LogP contribution in [0.4, 0.5) is 5.69 Å². The molecule has 0 spiro atoms. The molecule has 0 saturated carbocycles. The molecule has 4 rings (SSSR count). The summed E-state index contributed by atoms with van der Waals surface area (Å²) in [6.45, 7) is 0.567. The van der Waals surface area contributed by atoms with E-state index in [2.05, 4.69) is 22.2 Å². The van der Waals surface area contributed by atoms with E-state index in [0.717, 1.165) is 18.9 Å². The van der Waals surface area contributed by atoms with Crippen LogP contribution >= 0.6 is 0 Å². The lowest BCUT2D eigenvalue weighted by Gasteiger charge is -2.10. The van der Waals surface area contributed by atoms with Gasteiger partial charge >= 0.3 is 5.97 Å². The third-order valence-electron chi connectivity index (χ3n) is 5.23. The SMILES string of the molecule is COC(=O)c1cc(=O)c2cccc(NC(=O)c3ccc(OCCCc4ccccc4)cc3)c2o1. The number of methoxy groups -OCH3 is 1. The van der Waals surface area contributed by atoms with Gasteiger partial charge in [-0.3, -0.25) is 9.59 Å². The van der Waals surface area contributed by atoms with Gasteiger partial charge < -0.3 is 19.2 Å². The van der Waals surface area contributed by atoms with Gasteiger partial charge in [0.1, 0.15) is 5.75 Å². The molecule has 0 fully saturated rings. The molecule has 1 heterocycles. The molecule has 3 aromatic carbocycles. The number of benzene rings is 3. The number of anilines is 1. The molecule has 0 aliphatic carbocycles. The highest BCUT2D eigenvalue weighted by atomic mass is 16.5. The van der Waals surface area contributed by atoms with Crippen molar-refractivity contribution in [2.24, 2.45) is 0 Å². The summed E-state index contributed by atoms with van der Waals surface area (Å²) in [4.78, 5) is 37.0. The fourth-order valence-electron chi connectivity index (χ4n) is 3.48. The molecule has 0 aliphatic rings. The Morgan fingerprint density at radius 1 is 0.941 bits per heavy atom. The first-order valence-corrected chi connectivity index (χ1v) is 10.8. The van der Waals surface area contributed by atoms with Crippen LogP contribution in [0.2, 0.25) is 0 Å². The predicted octanol–water partition coefficient (Wildman–Crippen LogP) is 4.84. The molecule has 7 nitrogen and oxygen atoms in total. The Labute approximate surface area is 195 Å². The maximum absolute atomic E-state index is 12.8. The van der Waals surface area contributed by atoms with Gasteiger partial charge in [-0.2, -0.15) is 0 Å². The summed E-state index contributed by atoms with van der Waals surface area (Å²) in [7, 11) is 1.19. The third kappa shape index (κ3) is 5.32. The quantitative estimate of drug-likeness (QED) is 0.300. The predicted molar refractivity (Wildman–Crippen MR) is 128 cm³/mol. The molecule has 0 unspecified atom stereocenters. The van der Waals surface area contributed by atoms with Crippen molar-refractivity contribution in [2.45, 2.75) is 12.8 Å². The zero-order valence-corrected chi connectivity index (χ0v) is 18.6. The number of para-hydroxylation sites is 1. The van der Waals surface area contributed by atoms with E-state index < -0.39 is 17.3 Å². The number of nitrogens with one attached hydrogen (secondary N) is 1. The number of carbonyl (C=O) groups excluding carboxylic acids is 2. The number of amides is 1. The summed E-state index contributed by atoms with van der Waals surface area (Å²) in [5, 5.41) is 2.98. The van der Waals surface area contributed by atoms with Gasteiger partial charge in [-0.15, -0.1) is 0 Å². The van der Waals surface area contributed by atoms with E-state index in [-0.39, 0.29) is 22.4 Å². The number of ether oxygens (including phenoxy) is 2. The van der Waals surface area contributed by atoms with E-state index in [1.54, 1.807) is 42.5 Å². The third-order valence-corrected chi connectivity index (χ3v) is 5.23. The number of hydrogen-bond acceptors (Lipinski definition) is 6. The molecule has 1 amide bonds. The monoisotopic (exact) mass is 457 g/mol. The van der Waals surface area contributed by atoms with E-state index >= 15 is 0 Å². The molecular weight excluding hydrogens is 434 g/mol. The van der Waals surface area contributed by atoms with Crippen LogP contribution in [-0.2, 0) is 11.2 Å². The average Bonchev–Trinajstić information content (AvgIpc) is 2.87. The molecule has 0 saturated heterocycles. The summed E-state index contributed by atoms with van der Waals surface area (Å²) in [6.07, 6.45) is 1.81. The zero-order valence-electron chi connectivity index (χ0n) is 18.6. The smallest absolute Gasteiger partial charge is 0.374 e. The molecule has 172 valence electrons. The molecule has 34 heavy (non-hydrogen) atoms. The van der Waals surface area contributed by atoms with Crippen molar-refractivity contribution in [3.05, 3.63) is 106 Å². The molecule has 0 atom stereocenters. The van der Waals surface area contributed by atoms with Crippen molar-refractivity contribution >= 4 is 28.5 Å². The molecule has 1 aromatic heterocycles. The Morgan fingerprint density at radius 2 is 1.71 bits per heavy atom. The van der Waals surface area contributed by atoms with Crippen molar-refractivity contribution in [1.29, 1.82) is 0 Å². The van der Waals surface area contributed by atoms with Gasteiger partial charge in [0.25, 0.3) is 5.91 Å². The standard InChI is InChI=1S/C27H23NO6/c1-32-27(31)24-17-23(29)21-10-5-11-22(25(21)34-24)28-26(30)19-12-14-20(15-13-19)33-16-6-9-18-7-3-2-4-8-18/h2-5,7-8,10-15,17H,6,9,16H2,1H3,(H,28,30). The van der Waals surface area contributed by atoms with Crippen molar-refractivity contribution in [3.8, 4) is 5.75 Å². The van der Waals surface area contributed by atoms with Crippen LogP contribution in [0, 0.1) is 0 Å². The van der Waals surface area contributed by atoms with Crippen LogP contribution < -0.4 is 15.5 Å². The summed E-state index contributed by atoms with van der Waals surface area (Å²) < 4.78 is 16.0. The van der Waals surface area contributed by atoms with Gasteiger partial charge in [0.2, 0.25) is 5.76 Å². The van der Waals surface area contributed by atoms with Gasteiger partial charge in [0, 0.05) is 11.6 Å². The van der Waals surface area contributed by atoms with Crippen LogP contribution in [0.1, 0.15) is 32.9 Å². The van der Waals surface area contributed by atoms with Crippen molar-refractivity contribution in [2.75, 3.05) is 19.0 Å². The number of esters is 1. The van der Waals surface area contributed by atoms with E-state index in [1.165, 1.54) is 12.7 Å². The first-order valence-electron chi connectivity index (χ1n) is 10.8. The number of aryl methyl sites for hydroxylation is 1. The molecular formula is C27H23NO6. The fraction of sp³-hybridized carbons (Fsp3) is 0.148. The summed E-state index contributed by atoms with van der Waals surface area (Å²) in [5.41, 5.74) is 1.63. The Hall–Kier alpha value is -4.39. The summed E-state index contributed by atoms with van der Waals surface area (Å²) >= 11 is 0. The first kappa shape index (κ1) is 22.8. The second-order valence-corrected chi connectivity index (χ2v) is 7.56. The van der Waals surface area contributed by atoms with E-state index in [1.807, 2.05) is 18.2 Å². The minimum atomic E-state index is -0.778. The maximum atomic E-state index is 12.8. The minimum absolute atomic E-state index is 0.0992. The lowest BCUT2D eigenvalue weighted by Crippen LogP contribution is -2.14. The molecule has 0 bridgehead atoms. The van der Waals surface area contributed by atoms with Crippen LogP contribution in [0.5, 0.6) is 5.75 Å². The first-order chi connectivity index (χ1) is 16.5. The number of carbonyl (C=O) groups is 2. The topological polar surface area (TPSA) is 94.8 Å². The highest BCUT2D eigenvalue weighted by Gasteiger charge is 2.16. The molecule has 7 heteroatoms. The Balaban J connectivity index is 1.42. The van der Waals surface area contributed by atoms with Gasteiger partial charge in [-0.25, -0.2) is 4.79 Å². The molecule has 4 aromatic rings. The molecule has 0 aliphatic heterocycles. The van der Waals surface area contributed by atoms with Crippen LogP contribution in [0.3, 0.4) is 0 Å². The van der Waals surface area contributed by atoms with Crippen LogP contribution in [0.15, 0.2) is 88.1 Å². The van der Waals surface area contributed by atoms with Crippen LogP contribution in [-0.4, -0.2) is 25.6 Å². The van der Waals surface area contributed by atoms with Gasteiger partial charge in [-0.05, 0) is 54.8 Å². The summed E-state index contributed by atoms with van der Waals surface area (Å²) in [6, 6.07) is 22.8. The maximum Gasteiger partial charge on any atom is 0.374 e. The average molecular weight is 457 g/mol. The van der Waals surface area contributed by atoms with Gasteiger partial charge in [0.05, 0.1) is 24.8 Å². The van der Waals surface area contributed by atoms with Crippen molar-refractivity contribution in [1.82, 2.24) is 0 Å². The molecule has 0 radical (unpaired) electrons. The highest BCUT2D eigenvalue weighted by molar-refractivity contribution is 6.08. The second kappa shape index (κ2) is 10.5. The van der Waals surface area contributed by atoms with E-state index in [9.17, 15) is 14.4 Å². The second-order valence-electron chi connectivity index (χ2n) is 7.56. The Bertz CT molecular complexity index is 1360. The van der Waals surface area contributed by atoms with Crippen molar-refractivity contribution < 1.29 is 23.5 Å². The normalized spacial score (nSPS) is 10.6. The van der Waals surface area contributed by atoms with Crippen LogP contribution in [0.25, 0.3) is 11.0 Å². The highest BCUT2D eigenvalue weighted by Crippen LogP contribution is 2.24. The van der Waals surface area contributed by atoms with Gasteiger partial charge in [-0.1, -0.05) is 36.4 Å². The Kier molecular flexibility index (Phi) is 7.03. The zero-order chi connectivity index (χ0) is 23.9. The van der Waals surface area contributed by atoms with E-state index in [0.29, 0.717) is 17.9 Å². The number of hydrogen-bond donors (Lipinski definition) is 1. The molecule has 1 N–H and O–H groups in total. The largest absolute Gasteiger partial charge is 0.494 e. The van der Waals surface area contributed by atoms with Crippen molar-refractivity contribution in [3.63, 3.8) is 0 Å². The Morgan fingerprint density at radius 3 is 2.44 bits per heavy atom. The van der Waals surface area contributed by atoms with E-state index in [4.69, 9.17) is 9.15 Å². The number of fused-ring (bicyclic) bond motifs is 1. The fourth-order valence-corrected chi connectivity index (χ4v) is 3.48. The minimum Gasteiger partial charge on any atom is -0.494 e. The lowest BCUT2D eigenvalue weighted by molar-refractivity contribution is 0.0565. The lowest BCUT2D eigenvalue weighted by atomic mass is 10.1. The number of rotatable bonds is 8. The van der Waals surface area contributed by atoms with Gasteiger partial charge in [0.15, 0.2) is 11.0 Å².